The Morgan fingerprint density at radius 3 is 1.75 bits per heavy atom. The molecule has 0 rings (SSSR count). The van der Waals surface area contributed by atoms with Crippen LogP contribution in [0.15, 0.2) is 10.5 Å². The van der Waals surface area contributed by atoms with Gasteiger partial charge in [-0.1, -0.05) is 0 Å². The first-order chi connectivity index (χ1) is 5.17. The van der Waals surface area contributed by atoms with Gasteiger partial charge in [0, 0.05) is 0 Å². The van der Waals surface area contributed by atoms with Gasteiger partial charge in [-0.25, -0.2) is 0 Å². The molecular formula is C10H19GeN. The molecule has 0 fully saturated rings. The summed E-state index contributed by atoms with van der Waals surface area (Å²) in [5.41, 5.74) is 0.142. The normalized spacial score (nSPS) is 14.2. The predicted molar refractivity (Wildman–Crippen MR) is 56.5 cm³/mol. The molecule has 0 spiro atoms. The molecule has 0 atom stereocenters. The van der Waals surface area contributed by atoms with Crippen LogP contribution in [0.25, 0.3) is 0 Å². The number of nitrogens with zero attached hydrogens (tertiary/aromatic N) is 1. The number of hydrogen-bond acceptors (Lipinski definition) is 1. The Kier molecular flexibility index (Phi) is 3.59. The molecular weight excluding hydrogens is 207 g/mol. The summed E-state index contributed by atoms with van der Waals surface area (Å²) in [6, 6.07) is 2.34. The zero-order valence-corrected chi connectivity index (χ0v) is 11.1. The van der Waals surface area contributed by atoms with E-state index in [1.807, 2.05) is 0 Å². The number of hydrogen-bond donors (Lipinski definition) is 0. The summed E-state index contributed by atoms with van der Waals surface area (Å²) >= 11 is -1.88. The van der Waals surface area contributed by atoms with Gasteiger partial charge in [0.15, 0.2) is 0 Å². The van der Waals surface area contributed by atoms with Gasteiger partial charge in [0.25, 0.3) is 0 Å². The third kappa shape index (κ3) is 4.61. The molecule has 0 aromatic heterocycles. The Labute approximate surface area is 78.8 Å². The molecule has 0 unspecified atom stereocenters. The topological polar surface area (TPSA) is 23.8 Å². The Morgan fingerprint density at radius 2 is 1.67 bits per heavy atom. The van der Waals surface area contributed by atoms with E-state index in [9.17, 15) is 0 Å². The van der Waals surface area contributed by atoms with Crippen molar-refractivity contribution in [1.29, 1.82) is 5.26 Å². The first-order valence-corrected chi connectivity index (χ1v) is 11.6. The molecule has 2 heteroatoms. The first-order valence-electron chi connectivity index (χ1n) is 4.30. The summed E-state index contributed by atoms with van der Waals surface area (Å²) in [7, 11) is 0. The predicted octanol–water partition coefficient (Wildman–Crippen LogP) is 3.36. The van der Waals surface area contributed by atoms with E-state index in [0.29, 0.717) is 0 Å². The summed E-state index contributed by atoms with van der Waals surface area (Å²) in [6.07, 6.45) is 2.13. The molecule has 0 aliphatic heterocycles. The monoisotopic (exact) mass is 227 g/mol. The van der Waals surface area contributed by atoms with Gasteiger partial charge in [-0.3, -0.25) is 0 Å². The summed E-state index contributed by atoms with van der Waals surface area (Å²) < 4.78 is 1.06. The fraction of sp³-hybridized carbons (Fsp3) is 0.700. The van der Waals surface area contributed by atoms with Crippen LogP contribution in [-0.4, -0.2) is 13.3 Å². The van der Waals surface area contributed by atoms with E-state index in [-0.39, 0.29) is 5.41 Å². The van der Waals surface area contributed by atoms with Crippen molar-refractivity contribution in [2.45, 2.75) is 38.0 Å². The van der Waals surface area contributed by atoms with Crippen molar-refractivity contribution in [3.05, 3.63) is 10.5 Å². The molecule has 68 valence electrons. The molecule has 0 saturated carbocycles. The molecule has 1 nitrogen and oxygen atoms in total. The molecule has 0 heterocycles. The second-order valence-corrected chi connectivity index (χ2v) is 15.9. The van der Waals surface area contributed by atoms with Crippen molar-refractivity contribution in [3.8, 4) is 6.07 Å². The van der Waals surface area contributed by atoms with E-state index in [1.54, 1.807) is 0 Å². The van der Waals surface area contributed by atoms with Crippen LogP contribution in [0, 0.1) is 16.7 Å². The molecule has 0 amide bonds. The van der Waals surface area contributed by atoms with E-state index in [4.69, 9.17) is 5.26 Å². The van der Waals surface area contributed by atoms with Crippen LogP contribution in [0.3, 0.4) is 0 Å². The molecule has 0 saturated heterocycles. The minimum atomic E-state index is -1.88. The zero-order valence-electron chi connectivity index (χ0n) is 9.02. The van der Waals surface area contributed by atoms with Crippen molar-refractivity contribution in [2.75, 3.05) is 0 Å². The van der Waals surface area contributed by atoms with Crippen molar-refractivity contribution in [3.63, 3.8) is 0 Å². The van der Waals surface area contributed by atoms with E-state index in [1.165, 1.54) is 0 Å². The zero-order chi connectivity index (χ0) is 9.99. The maximum atomic E-state index is 8.95. The van der Waals surface area contributed by atoms with E-state index in [0.717, 1.165) is 4.41 Å². The van der Waals surface area contributed by atoms with Gasteiger partial charge in [-0.2, -0.15) is 0 Å². The summed E-state index contributed by atoms with van der Waals surface area (Å²) in [4.78, 5) is 0. The van der Waals surface area contributed by atoms with Crippen molar-refractivity contribution < 1.29 is 0 Å². The second kappa shape index (κ2) is 3.66. The van der Waals surface area contributed by atoms with Crippen LogP contribution in [0.5, 0.6) is 0 Å². The van der Waals surface area contributed by atoms with E-state index < -0.39 is 13.3 Å². The summed E-state index contributed by atoms with van der Waals surface area (Å²) in [6.45, 7) is 6.41. The second-order valence-electron chi connectivity index (χ2n) is 5.29. The van der Waals surface area contributed by atoms with Crippen LogP contribution >= 0.6 is 0 Å². The molecule has 0 bridgehead atoms. The summed E-state index contributed by atoms with van der Waals surface area (Å²) in [5.74, 6) is 6.75. The fourth-order valence-electron chi connectivity index (χ4n) is 0.849. The van der Waals surface area contributed by atoms with Crippen LogP contribution in [0.2, 0.25) is 17.3 Å². The maximum absolute atomic E-state index is 8.95. The Hall–Kier alpha value is -0.227. The van der Waals surface area contributed by atoms with Crippen molar-refractivity contribution in [2.24, 2.45) is 5.41 Å². The van der Waals surface area contributed by atoms with Gasteiger partial charge in [0.2, 0.25) is 0 Å². The van der Waals surface area contributed by atoms with Crippen LogP contribution in [0.4, 0.5) is 0 Å². The molecule has 0 aliphatic carbocycles. The number of allylic oxidation sites excluding steroid dienone is 2. The van der Waals surface area contributed by atoms with Gasteiger partial charge in [0.1, 0.15) is 0 Å². The van der Waals surface area contributed by atoms with Gasteiger partial charge >= 0.3 is 78.5 Å². The first kappa shape index (κ1) is 11.8. The van der Waals surface area contributed by atoms with Gasteiger partial charge in [0.05, 0.1) is 0 Å². The van der Waals surface area contributed by atoms with Crippen LogP contribution in [0.1, 0.15) is 20.8 Å². The third-order valence-corrected chi connectivity index (χ3v) is 5.43. The van der Waals surface area contributed by atoms with Gasteiger partial charge in [-0.05, 0) is 0 Å². The number of rotatable bonds is 1. The average molecular weight is 226 g/mol. The third-order valence-electron chi connectivity index (χ3n) is 1.51. The number of nitriles is 1. The molecule has 0 aliphatic rings. The Balaban J connectivity index is 4.85. The Bertz CT molecular complexity index is 220. The SMILES string of the molecule is CC(C)(C)/C=[C](/C#N)[Ge]([CH3])([CH3])[CH3]. The average Bonchev–Trinajstić information content (AvgIpc) is 1.78. The molecule has 0 aromatic rings. The summed E-state index contributed by atoms with van der Waals surface area (Å²) in [5, 5.41) is 8.95. The Morgan fingerprint density at radius 1 is 1.25 bits per heavy atom. The van der Waals surface area contributed by atoms with Crippen molar-refractivity contribution >= 4 is 13.3 Å². The minimum absolute atomic E-state index is 0.142. The molecule has 12 heavy (non-hydrogen) atoms. The quantitative estimate of drug-likeness (QED) is 0.496. The van der Waals surface area contributed by atoms with Crippen LogP contribution in [-0.2, 0) is 0 Å². The molecule has 0 N–H and O–H groups in total. The van der Waals surface area contributed by atoms with E-state index >= 15 is 0 Å². The fourth-order valence-corrected chi connectivity index (χ4v) is 3.37. The van der Waals surface area contributed by atoms with Crippen LogP contribution < -0.4 is 0 Å². The molecule has 0 aromatic carbocycles. The van der Waals surface area contributed by atoms with Gasteiger partial charge in [-0.15, -0.1) is 0 Å². The molecule has 0 radical (unpaired) electrons. The standard InChI is InChI=1S/C10H19GeN/c1-10(2,3)7-9(8-12)11(4,5)6/h7H,1-6H3/b9-7-. The van der Waals surface area contributed by atoms with Gasteiger partial charge < -0.3 is 0 Å². The van der Waals surface area contributed by atoms with E-state index in [2.05, 4.69) is 50.2 Å². The van der Waals surface area contributed by atoms with Crippen molar-refractivity contribution in [1.82, 2.24) is 0 Å².